The van der Waals surface area contributed by atoms with E-state index in [-0.39, 0.29) is 6.54 Å². The van der Waals surface area contributed by atoms with Gasteiger partial charge < -0.3 is 25.3 Å². The highest BCUT2D eigenvalue weighted by molar-refractivity contribution is 9.10. The molecule has 198 valence electrons. The third-order valence-electron chi connectivity index (χ3n) is 6.40. The normalized spacial score (nSPS) is 16.6. The number of anilines is 5. The zero-order chi connectivity index (χ0) is 27.2. The smallest absolute Gasteiger partial charge is 0.229 e. The lowest BCUT2D eigenvalue weighted by molar-refractivity contribution is 0.197. The summed E-state index contributed by atoms with van der Waals surface area (Å²) in [5.74, 6) is 1.35. The van der Waals surface area contributed by atoms with Crippen LogP contribution in [0.15, 0.2) is 53.3 Å². The molecule has 9 nitrogen and oxygen atoms in total. The molecule has 3 N–H and O–H groups in total. The first-order valence-electron chi connectivity index (χ1n) is 11.9. The Labute approximate surface area is 228 Å². The Morgan fingerprint density at radius 1 is 1.16 bits per heavy atom. The van der Waals surface area contributed by atoms with Crippen LogP contribution in [-0.2, 0) is 17.3 Å². The van der Waals surface area contributed by atoms with Crippen LogP contribution >= 0.6 is 23.1 Å². The molecule has 3 heterocycles. The maximum atomic E-state index is 15.6. The number of alkyl halides is 1. The van der Waals surface area contributed by atoms with Crippen molar-refractivity contribution in [3.05, 3.63) is 59.0 Å². The van der Waals surface area contributed by atoms with Crippen molar-refractivity contribution in [3.63, 3.8) is 0 Å². The van der Waals surface area contributed by atoms with E-state index < -0.39 is 12.8 Å². The molecule has 0 aliphatic carbocycles. The lowest BCUT2D eigenvalue weighted by Crippen LogP contribution is -2.27. The Hall–Kier alpha value is -3.43. The zero-order valence-electron chi connectivity index (χ0n) is 21.6. The molecule has 0 saturated heterocycles. The van der Waals surface area contributed by atoms with Crippen LogP contribution in [0.5, 0.6) is 5.75 Å². The molecule has 1 unspecified atom stereocenters. The minimum atomic E-state index is -2.53. The van der Waals surface area contributed by atoms with Crippen LogP contribution in [0.25, 0.3) is 11.1 Å². The van der Waals surface area contributed by atoms with Crippen molar-refractivity contribution < 1.29 is 13.7 Å². The molecule has 2 aromatic heterocycles. The number of ether oxygens (including phenoxy) is 1. The molecule has 0 fully saturated rings. The topological polar surface area (TPSA) is 106 Å². The molecule has 0 amide bonds. The average molecular weight is 600 g/mol. The van der Waals surface area contributed by atoms with E-state index in [1.165, 1.54) is 0 Å². The van der Waals surface area contributed by atoms with Gasteiger partial charge in [-0.25, -0.2) is 9.37 Å². The molecule has 4 aromatic rings. The zero-order valence-corrected chi connectivity index (χ0v) is 24.1. The van der Waals surface area contributed by atoms with Crippen LogP contribution in [0.2, 0.25) is 0 Å². The predicted octanol–water partition coefficient (Wildman–Crippen LogP) is 5.99. The second kappa shape index (κ2) is 9.71. The van der Waals surface area contributed by atoms with E-state index in [2.05, 4.69) is 46.9 Å². The van der Waals surface area contributed by atoms with Gasteiger partial charge in [0.1, 0.15) is 18.7 Å². The molecule has 0 spiro atoms. The molecule has 0 bridgehead atoms. The van der Waals surface area contributed by atoms with Crippen molar-refractivity contribution in [3.8, 4) is 16.9 Å². The summed E-state index contributed by atoms with van der Waals surface area (Å²) in [5.41, 5.74) is 2.40. The minimum Gasteiger partial charge on any atom is -0.494 e. The molecule has 5 rings (SSSR count). The van der Waals surface area contributed by atoms with E-state index in [1.807, 2.05) is 36.4 Å². The Balaban J connectivity index is 1.53. The van der Waals surface area contributed by atoms with E-state index in [4.69, 9.17) is 4.74 Å². The highest BCUT2D eigenvalue weighted by atomic mass is 79.9. The number of fused-ring (bicyclic) bond motifs is 3. The van der Waals surface area contributed by atoms with Gasteiger partial charge in [0.05, 0.1) is 41.4 Å². The fraction of sp³-hybridized carbons (Fsp3) is 0.269. The van der Waals surface area contributed by atoms with Crippen LogP contribution in [0.4, 0.5) is 33.2 Å². The number of rotatable bonds is 6. The molecule has 2 aromatic carbocycles. The van der Waals surface area contributed by atoms with Crippen molar-refractivity contribution in [1.29, 1.82) is 0 Å². The lowest BCUT2D eigenvalue weighted by Gasteiger charge is -2.20. The summed E-state index contributed by atoms with van der Waals surface area (Å²) in [6.45, 7) is 5.10. The van der Waals surface area contributed by atoms with E-state index in [0.717, 1.165) is 16.6 Å². The number of aryl methyl sites for hydroxylation is 1. The van der Waals surface area contributed by atoms with Crippen LogP contribution in [0.3, 0.4) is 0 Å². The number of hydrogen-bond donors (Lipinski definition) is 3. The van der Waals surface area contributed by atoms with Gasteiger partial charge >= 0.3 is 0 Å². The molecule has 1 aliphatic heterocycles. The van der Waals surface area contributed by atoms with Gasteiger partial charge in [-0.3, -0.25) is 4.68 Å². The monoisotopic (exact) mass is 599 g/mol. The number of benzene rings is 2. The standard InChI is InChI=1S/C26H28BrFN7O2P/c1-26(28)14-30-19-11-21(37-3)20(10-15(19)16-12-31-35(2)23(16)26)33-25-29-13-17(27)24(34-25)32-18-8-6-7-9-22(18)38(4,5)36/h6-13,30H,14H2,1-5H3,(H2,29,32,33,34). The number of nitrogens with one attached hydrogen (secondary N) is 3. The SMILES string of the molecule is COc1cc2c(cc1Nc1ncc(Br)c(Nc3ccccc3P(C)(C)=O)n1)-c1cnn(C)c1C(C)(F)CN2. The summed E-state index contributed by atoms with van der Waals surface area (Å²) < 4.78 is 36.2. The number of nitrogens with zero attached hydrogens (tertiary/aromatic N) is 4. The highest BCUT2D eigenvalue weighted by Crippen LogP contribution is 2.45. The Kier molecular flexibility index (Phi) is 6.69. The largest absolute Gasteiger partial charge is 0.494 e. The quantitative estimate of drug-likeness (QED) is 0.232. The van der Waals surface area contributed by atoms with Crippen LogP contribution in [-0.4, -0.2) is 46.7 Å². The average Bonchev–Trinajstić information content (AvgIpc) is 3.22. The summed E-state index contributed by atoms with van der Waals surface area (Å²) in [4.78, 5) is 9.06. The number of hydrogen-bond acceptors (Lipinski definition) is 8. The minimum absolute atomic E-state index is 0.0945. The first-order valence-corrected chi connectivity index (χ1v) is 15.3. The van der Waals surface area contributed by atoms with Gasteiger partial charge in [0, 0.05) is 41.4 Å². The highest BCUT2D eigenvalue weighted by Gasteiger charge is 2.36. The van der Waals surface area contributed by atoms with Gasteiger partial charge in [0.25, 0.3) is 0 Å². The van der Waals surface area contributed by atoms with Crippen LogP contribution < -0.4 is 26.0 Å². The molecule has 1 atom stereocenters. The van der Waals surface area contributed by atoms with Crippen molar-refractivity contribution in [1.82, 2.24) is 19.7 Å². The van der Waals surface area contributed by atoms with Gasteiger partial charge in [-0.1, -0.05) is 12.1 Å². The number of aromatic nitrogens is 4. The summed E-state index contributed by atoms with van der Waals surface area (Å²) in [6.07, 6.45) is 3.30. The van der Waals surface area contributed by atoms with Gasteiger partial charge in [0.2, 0.25) is 5.95 Å². The maximum Gasteiger partial charge on any atom is 0.229 e. The first-order chi connectivity index (χ1) is 18.0. The fourth-order valence-corrected chi connectivity index (χ4v) is 6.07. The first kappa shape index (κ1) is 26.2. The van der Waals surface area contributed by atoms with E-state index in [1.54, 1.807) is 51.5 Å². The van der Waals surface area contributed by atoms with Gasteiger partial charge in [-0.15, -0.1) is 0 Å². The summed E-state index contributed by atoms with van der Waals surface area (Å²) in [7, 11) is 0.779. The van der Waals surface area contributed by atoms with Gasteiger partial charge in [-0.05, 0) is 54.4 Å². The third kappa shape index (κ3) is 4.88. The second-order valence-corrected chi connectivity index (χ2v) is 13.7. The Morgan fingerprint density at radius 3 is 2.66 bits per heavy atom. The van der Waals surface area contributed by atoms with E-state index in [9.17, 15) is 4.57 Å². The van der Waals surface area contributed by atoms with Gasteiger partial charge in [0.15, 0.2) is 5.67 Å². The Morgan fingerprint density at radius 2 is 1.92 bits per heavy atom. The van der Waals surface area contributed by atoms with Crippen molar-refractivity contribution >= 4 is 57.2 Å². The molecule has 0 saturated carbocycles. The van der Waals surface area contributed by atoms with Crippen molar-refractivity contribution in [2.45, 2.75) is 12.6 Å². The number of methoxy groups -OCH3 is 1. The van der Waals surface area contributed by atoms with Crippen LogP contribution in [0.1, 0.15) is 12.6 Å². The van der Waals surface area contributed by atoms with Crippen molar-refractivity contribution in [2.75, 3.05) is 42.9 Å². The summed E-state index contributed by atoms with van der Waals surface area (Å²) in [5, 5.41) is 14.8. The molecule has 38 heavy (non-hydrogen) atoms. The van der Waals surface area contributed by atoms with Gasteiger partial charge in [-0.2, -0.15) is 10.1 Å². The lowest BCUT2D eigenvalue weighted by atomic mass is 9.97. The third-order valence-corrected chi connectivity index (χ3v) is 8.53. The van der Waals surface area contributed by atoms with Crippen LogP contribution in [0, 0.1) is 0 Å². The fourth-order valence-electron chi connectivity index (χ4n) is 4.63. The molecule has 0 radical (unpaired) electrons. The number of halogens is 2. The molecular weight excluding hydrogens is 572 g/mol. The number of para-hydroxylation sites is 1. The molecule has 1 aliphatic rings. The van der Waals surface area contributed by atoms with E-state index in [0.29, 0.717) is 44.6 Å². The second-order valence-electron chi connectivity index (χ2n) is 9.69. The summed E-state index contributed by atoms with van der Waals surface area (Å²) in [6, 6.07) is 11.1. The van der Waals surface area contributed by atoms with Crippen molar-refractivity contribution in [2.24, 2.45) is 7.05 Å². The maximum absolute atomic E-state index is 15.6. The Bertz CT molecular complexity index is 1580. The van der Waals surface area contributed by atoms with E-state index >= 15 is 4.39 Å². The summed E-state index contributed by atoms with van der Waals surface area (Å²) >= 11 is 3.50. The molecular formula is C26H28BrFN7O2P. The predicted molar refractivity (Wildman–Crippen MR) is 154 cm³/mol. The molecule has 12 heteroatoms.